The van der Waals surface area contributed by atoms with Crippen LogP contribution in [0, 0.1) is 0 Å². The number of benzene rings is 2. The minimum Gasteiger partial charge on any atom is -0.507 e. The van der Waals surface area contributed by atoms with Crippen LogP contribution in [0.2, 0.25) is 0 Å². The number of aromatic hydroxyl groups is 1. The quantitative estimate of drug-likeness (QED) is 0.615. The van der Waals surface area contributed by atoms with Crippen molar-refractivity contribution in [3.05, 3.63) is 76.7 Å². The zero-order valence-corrected chi connectivity index (χ0v) is 17.1. The monoisotopic (exact) mass is 457 g/mol. The molecule has 0 radical (unpaired) electrons. The smallest absolute Gasteiger partial charge is 0.449 e. The zero-order valence-electron chi connectivity index (χ0n) is 17.1. The summed E-state index contributed by atoms with van der Waals surface area (Å²) in [6, 6.07) is 11.4. The lowest BCUT2D eigenvalue weighted by Gasteiger charge is -2.24. The Bertz CT molecular complexity index is 1310. The number of para-hydroxylation sites is 1. The second-order valence-corrected chi connectivity index (χ2v) is 8.82. The fraction of sp³-hybridized carbons (Fsp3) is 0.292. The summed E-state index contributed by atoms with van der Waals surface area (Å²) in [6.45, 7) is -0.313. The molecule has 1 saturated carbocycles. The van der Waals surface area contributed by atoms with Crippen LogP contribution in [0.25, 0.3) is 0 Å². The van der Waals surface area contributed by atoms with E-state index in [0.717, 1.165) is 30.5 Å². The molecular formula is C24H18F3NO5. The topological polar surface area (TPSA) is 83.1 Å². The number of amides is 1. The molecule has 6 nitrogen and oxygen atoms in total. The summed E-state index contributed by atoms with van der Waals surface area (Å²) in [7, 11) is 0. The van der Waals surface area contributed by atoms with E-state index in [1.807, 2.05) is 0 Å². The van der Waals surface area contributed by atoms with Gasteiger partial charge in [0.15, 0.2) is 5.60 Å². The number of phenolic OH excluding ortho intramolecular Hbond substituents is 1. The van der Waals surface area contributed by atoms with E-state index >= 15 is 0 Å². The van der Waals surface area contributed by atoms with Crippen molar-refractivity contribution >= 4 is 11.6 Å². The molecule has 2 aromatic carbocycles. The van der Waals surface area contributed by atoms with Crippen molar-refractivity contribution in [1.29, 1.82) is 0 Å². The number of rotatable bonds is 3. The van der Waals surface area contributed by atoms with Gasteiger partial charge in [-0.15, -0.1) is 0 Å². The largest absolute Gasteiger partial charge is 0.507 e. The molecule has 33 heavy (non-hydrogen) atoms. The number of fused-ring (bicyclic) bond motifs is 2. The standard InChI is InChI=1S/C24H18F3NO5/c25-24(26,27)20-6-5-14(32-20)12-28-17-4-2-1-3-15(17)23(31,21(28)30)16-9-13-11-22(7-8-22)33-19(13)10-18(16)29/h1-6,9-10,29,31H,7-8,11-12H2. The number of carbonyl (C=O) groups is 1. The number of aliphatic hydroxyl groups is 1. The van der Waals surface area contributed by atoms with Gasteiger partial charge in [-0.1, -0.05) is 18.2 Å². The number of ether oxygens (including phenoxy) is 1. The average molecular weight is 457 g/mol. The van der Waals surface area contributed by atoms with Crippen LogP contribution in [0.1, 0.15) is 41.1 Å². The summed E-state index contributed by atoms with van der Waals surface area (Å²) in [5.74, 6) is -1.81. The number of hydrogen-bond donors (Lipinski definition) is 2. The maximum absolute atomic E-state index is 13.6. The molecule has 3 aliphatic rings. The lowest BCUT2D eigenvalue weighted by molar-refractivity contribution is -0.153. The molecule has 2 aliphatic heterocycles. The molecular weight excluding hydrogens is 439 g/mol. The Balaban J connectivity index is 1.41. The highest BCUT2D eigenvalue weighted by Gasteiger charge is 2.55. The summed E-state index contributed by atoms with van der Waals surface area (Å²) >= 11 is 0. The Kier molecular flexibility index (Phi) is 3.86. The number of alkyl halides is 3. The summed E-state index contributed by atoms with van der Waals surface area (Å²) in [6.07, 6.45) is -2.22. The van der Waals surface area contributed by atoms with E-state index in [1.54, 1.807) is 30.3 Å². The van der Waals surface area contributed by atoms with Crippen molar-refractivity contribution in [1.82, 2.24) is 0 Å². The summed E-state index contributed by atoms with van der Waals surface area (Å²) in [5, 5.41) is 22.5. The summed E-state index contributed by atoms with van der Waals surface area (Å²) in [4.78, 5) is 14.7. The van der Waals surface area contributed by atoms with Crippen LogP contribution in [0.4, 0.5) is 18.9 Å². The van der Waals surface area contributed by atoms with Crippen molar-refractivity contribution in [3.8, 4) is 11.5 Å². The van der Waals surface area contributed by atoms with E-state index in [2.05, 4.69) is 0 Å². The first-order valence-corrected chi connectivity index (χ1v) is 10.5. The van der Waals surface area contributed by atoms with Crippen molar-refractivity contribution in [2.45, 2.75) is 43.2 Å². The van der Waals surface area contributed by atoms with Crippen LogP contribution in [-0.2, 0) is 29.5 Å². The highest BCUT2D eigenvalue weighted by Crippen LogP contribution is 2.54. The Labute approximate surface area is 185 Å². The Morgan fingerprint density at radius 3 is 2.52 bits per heavy atom. The minimum atomic E-state index is -4.65. The van der Waals surface area contributed by atoms with Gasteiger partial charge < -0.3 is 24.3 Å². The van der Waals surface area contributed by atoms with Crippen molar-refractivity contribution in [2.75, 3.05) is 4.90 Å². The van der Waals surface area contributed by atoms with E-state index in [0.29, 0.717) is 17.9 Å². The molecule has 1 aromatic heterocycles. The molecule has 1 fully saturated rings. The fourth-order valence-electron chi connectivity index (χ4n) is 4.79. The molecule has 3 heterocycles. The number of halogens is 3. The van der Waals surface area contributed by atoms with Crippen LogP contribution in [-0.4, -0.2) is 21.7 Å². The van der Waals surface area contributed by atoms with Crippen LogP contribution in [0.15, 0.2) is 52.9 Å². The van der Waals surface area contributed by atoms with E-state index in [1.165, 1.54) is 11.0 Å². The van der Waals surface area contributed by atoms with Gasteiger partial charge in [-0.2, -0.15) is 13.2 Å². The van der Waals surface area contributed by atoms with Gasteiger partial charge >= 0.3 is 6.18 Å². The maximum Gasteiger partial charge on any atom is 0.449 e. The molecule has 170 valence electrons. The molecule has 1 amide bonds. The molecule has 2 N–H and O–H groups in total. The first-order chi connectivity index (χ1) is 15.6. The molecule has 9 heteroatoms. The predicted octanol–water partition coefficient (Wildman–Crippen LogP) is 4.25. The van der Waals surface area contributed by atoms with E-state index in [9.17, 15) is 28.2 Å². The maximum atomic E-state index is 13.6. The Hall–Kier alpha value is -3.46. The van der Waals surface area contributed by atoms with Crippen LogP contribution in [0.3, 0.4) is 0 Å². The molecule has 1 unspecified atom stereocenters. The van der Waals surface area contributed by atoms with Crippen LogP contribution in [0.5, 0.6) is 11.5 Å². The fourth-order valence-corrected chi connectivity index (χ4v) is 4.79. The third kappa shape index (κ3) is 2.88. The summed E-state index contributed by atoms with van der Waals surface area (Å²) < 4.78 is 49.6. The molecule has 0 bridgehead atoms. The lowest BCUT2D eigenvalue weighted by atomic mass is 9.85. The third-order valence-corrected chi connectivity index (χ3v) is 6.61. The number of nitrogens with zero attached hydrogens (tertiary/aromatic N) is 1. The number of furan rings is 1. The summed E-state index contributed by atoms with van der Waals surface area (Å²) in [5.41, 5.74) is -1.11. The van der Waals surface area contributed by atoms with Gasteiger partial charge in [0.05, 0.1) is 12.2 Å². The normalized spacial score (nSPS) is 22.4. The van der Waals surface area contributed by atoms with Gasteiger partial charge in [0.1, 0.15) is 22.9 Å². The molecule has 1 atom stereocenters. The second kappa shape index (κ2) is 6.32. The molecule has 1 spiro atoms. The number of anilines is 1. The van der Waals surface area contributed by atoms with Crippen molar-refractivity contribution < 1.29 is 37.3 Å². The first-order valence-electron chi connectivity index (χ1n) is 10.5. The van der Waals surface area contributed by atoms with Crippen LogP contribution < -0.4 is 9.64 Å². The highest BCUT2D eigenvalue weighted by molar-refractivity contribution is 6.09. The SMILES string of the molecule is O=C1N(Cc2ccc(C(F)(F)F)o2)c2ccccc2C1(O)c1cc2c(cc1O)OC1(CC1)C2. The number of carbonyl (C=O) groups excluding carboxylic acids is 1. The first kappa shape index (κ1) is 20.2. The second-order valence-electron chi connectivity index (χ2n) is 8.82. The predicted molar refractivity (Wildman–Crippen MR) is 109 cm³/mol. The number of hydrogen-bond acceptors (Lipinski definition) is 5. The van der Waals surface area contributed by atoms with E-state index < -0.39 is 23.4 Å². The Morgan fingerprint density at radius 2 is 1.82 bits per heavy atom. The van der Waals surface area contributed by atoms with Gasteiger partial charge in [-0.3, -0.25) is 4.79 Å². The van der Waals surface area contributed by atoms with Crippen molar-refractivity contribution in [2.24, 2.45) is 0 Å². The highest BCUT2D eigenvalue weighted by atomic mass is 19.4. The molecule has 0 saturated heterocycles. The van der Waals surface area contributed by atoms with Crippen molar-refractivity contribution in [3.63, 3.8) is 0 Å². The molecule has 1 aliphatic carbocycles. The Morgan fingerprint density at radius 1 is 1.06 bits per heavy atom. The molecule has 3 aromatic rings. The zero-order chi connectivity index (χ0) is 23.2. The van der Waals surface area contributed by atoms with E-state index in [4.69, 9.17) is 9.15 Å². The van der Waals surface area contributed by atoms with Crippen LogP contribution >= 0.6 is 0 Å². The van der Waals surface area contributed by atoms with Gasteiger partial charge in [-0.25, -0.2) is 0 Å². The van der Waals surface area contributed by atoms with E-state index in [-0.39, 0.29) is 34.8 Å². The number of phenols is 1. The average Bonchev–Trinajstić information content (AvgIpc) is 3.11. The van der Waals surface area contributed by atoms with Gasteiger partial charge in [0, 0.05) is 23.6 Å². The van der Waals surface area contributed by atoms with Gasteiger partial charge in [0.25, 0.3) is 5.91 Å². The molecule has 6 rings (SSSR count). The van der Waals surface area contributed by atoms with Gasteiger partial charge in [-0.05, 0) is 42.7 Å². The van der Waals surface area contributed by atoms with Gasteiger partial charge in [0.2, 0.25) is 5.76 Å². The third-order valence-electron chi connectivity index (χ3n) is 6.61. The lowest BCUT2D eigenvalue weighted by Crippen LogP contribution is -2.41. The minimum absolute atomic E-state index is 0.0120.